The number of nitrogens with zero attached hydrogens (tertiary/aromatic N) is 2. The first kappa shape index (κ1) is 20.2. The predicted octanol–water partition coefficient (Wildman–Crippen LogP) is 6.38. The van der Waals surface area contributed by atoms with Gasteiger partial charge in [0.05, 0.1) is 22.3 Å². The third-order valence-electron chi connectivity index (χ3n) is 5.53. The summed E-state index contributed by atoms with van der Waals surface area (Å²) in [5, 5.41) is 11.2. The Bertz CT molecular complexity index is 1520. The average Bonchev–Trinajstić information content (AvgIpc) is 3.15. The number of para-hydroxylation sites is 3. The van der Waals surface area contributed by atoms with Crippen molar-refractivity contribution in [2.24, 2.45) is 0 Å². The van der Waals surface area contributed by atoms with E-state index in [0.29, 0.717) is 0 Å². The van der Waals surface area contributed by atoms with Gasteiger partial charge in [0, 0.05) is 27.2 Å². The lowest BCUT2D eigenvalue weighted by atomic mass is 9.98. The lowest BCUT2D eigenvalue weighted by Crippen LogP contribution is -2.14. The molecular formula is C25H13F4N2P. The highest BCUT2D eigenvalue weighted by Crippen LogP contribution is 2.39. The summed E-state index contributed by atoms with van der Waals surface area (Å²) in [6.07, 6.45) is 0. The molecule has 1 heterocycles. The highest BCUT2D eigenvalue weighted by atomic mass is 31.0. The van der Waals surface area contributed by atoms with E-state index in [1.165, 1.54) is 12.1 Å². The highest BCUT2D eigenvalue weighted by Gasteiger charge is 2.27. The number of nitriles is 1. The van der Waals surface area contributed by atoms with Crippen LogP contribution >= 0.6 is 9.24 Å². The van der Waals surface area contributed by atoms with Crippen LogP contribution in [-0.4, -0.2) is 4.57 Å². The fourth-order valence-electron chi connectivity index (χ4n) is 4.15. The molecule has 5 aromatic rings. The third-order valence-corrected chi connectivity index (χ3v) is 6.08. The van der Waals surface area contributed by atoms with Crippen LogP contribution in [-0.2, 0) is 0 Å². The maximum atomic E-state index is 15.0. The van der Waals surface area contributed by atoms with Gasteiger partial charge in [-0.05, 0) is 18.2 Å². The molecule has 0 fully saturated rings. The monoisotopic (exact) mass is 448 g/mol. The Morgan fingerprint density at radius 1 is 0.688 bits per heavy atom. The van der Waals surface area contributed by atoms with Crippen molar-refractivity contribution in [3.8, 4) is 22.9 Å². The molecule has 4 aromatic carbocycles. The van der Waals surface area contributed by atoms with Crippen molar-refractivity contribution in [1.82, 2.24) is 4.57 Å². The van der Waals surface area contributed by atoms with Crippen LogP contribution in [0.2, 0.25) is 0 Å². The van der Waals surface area contributed by atoms with Gasteiger partial charge in [-0.1, -0.05) is 48.5 Å². The van der Waals surface area contributed by atoms with Crippen LogP contribution in [0, 0.1) is 34.6 Å². The molecule has 32 heavy (non-hydrogen) atoms. The molecule has 0 aliphatic carbocycles. The van der Waals surface area contributed by atoms with E-state index in [-0.39, 0.29) is 16.8 Å². The SMILES string of the molecule is N#Cc1cccc(-c2c(F)c(F)c(F)c(F)c2P)c1-n1c2ccccc2c2ccccc21. The largest absolute Gasteiger partial charge is 0.307 e. The summed E-state index contributed by atoms with van der Waals surface area (Å²) in [6, 6.07) is 21.5. The smallest absolute Gasteiger partial charge is 0.198 e. The maximum Gasteiger partial charge on any atom is 0.198 e. The zero-order valence-electron chi connectivity index (χ0n) is 16.3. The quantitative estimate of drug-likeness (QED) is 0.133. The number of aromatic nitrogens is 1. The molecule has 0 saturated carbocycles. The van der Waals surface area contributed by atoms with Crippen LogP contribution in [0.1, 0.15) is 5.56 Å². The second-order valence-electron chi connectivity index (χ2n) is 7.23. The molecule has 2 nitrogen and oxygen atoms in total. The first-order valence-electron chi connectivity index (χ1n) is 9.59. The van der Waals surface area contributed by atoms with Gasteiger partial charge in [-0.3, -0.25) is 0 Å². The van der Waals surface area contributed by atoms with Crippen LogP contribution < -0.4 is 5.30 Å². The van der Waals surface area contributed by atoms with E-state index in [4.69, 9.17) is 0 Å². The molecule has 1 atom stereocenters. The van der Waals surface area contributed by atoms with E-state index in [0.717, 1.165) is 21.8 Å². The standard InChI is InChI=1S/C25H13F4N2P/c26-20-19(25(32)23(29)22(28)21(20)27)16-9-5-6-13(12-30)24(16)31-17-10-3-1-7-14(17)15-8-2-4-11-18(15)31/h1-11H,32H2. The van der Waals surface area contributed by atoms with E-state index in [9.17, 15) is 22.8 Å². The first-order valence-corrected chi connectivity index (χ1v) is 10.2. The summed E-state index contributed by atoms with van der Waals surface area (Å²) in [6.45, 7) is 0. The Balaban J connectivity index is 2.00. The Kier molecular flexibility index (Phi) is 4.73. The fourth-order valence-corrected chi connectivity index (χ4v) is 4.56. The topological polar surface area (TPSA) is 28.7 Å². The van der Waals surface area contributed by atoms with E-state index in [2.05, 4.69) is 6.07 Å². The lowest BCUT2D eigenvalue weighted by Gasteiger charge is -2.18. The third kappa shape index (κ3) is 2.75. The van der Waals surface area contributed by atoms with Crippen molar-refractivity contribution < 1.29 is 17.6 Å². The van der Waals surface area contributed by atoms with Crippen LogP contribution in [0.4, 0.5) is 17.6 Å². The van der Waals surface area contributed by atoms with Crippen molar-refractivity contribution in [3.05, 3.63) is 95.6 Å². The van der Waals surface area contributed by atoms with Crippen LogP contribution in [0.25, 0.3) is 38.6 Å². The molecule has 0 aliphatic rings. The van der Waals surface area contributed by atoms with Crippen LogP contribution in [0.15, 0.2) is 66.7 Å². The summed E-state index contributed by atoms with van der Waals surface area (Å²) in [7, 11) is 1.94. The maximum absolute atomic E-state index is 15.0. The minimum Gasteiger partial charge on any atom is -0.307 e. The van der Waals surface area contributed by atoms with Crippen molar-refractivity contribution in [2.75, 3.05) is 0 Å². The second-order valence-corrected chi connectivity index (χ2v) is 7.81. The molecule has 1 unspecified atom stereocenters. The molecular weight excluding hydrogens is 435 g/mol. The Morgan fingerprint density at radius 2 is 1.25 bits per heavy atom. The van der Waals surface area contributed by atoms with Gasteiger partial charge in [0.2, 0.25) is 0 Å². The summed E-state index contributed by atoms with van der Waals surface area (Å²) in [5.74, 6) is -6.81. The predicted molar refractivity (Wildman–Crippen MR) is 120 cm³/mol. The fraction of sp³-hybridized carbons (Fsp3) is 0. The molecule has 0 bridgehead atoms. The van der Waals surface area contributed by atoms with Gasteiger partial charge in [-0.15, -0.1) is 9.24 Å². The minimum atomic E-state index is -1.90. The van der Waals surface area contributed by atoms with Gasteiger partial charge in [-0.25, -0.2) is 17.6 Å². The van der Waals surface area contributed by atoms with Gasteiger partial charge < -0.3 is 4.57 Å². The number of rotatable bonds is 2. The molecule has 0 saturated heterocycles. The summed E-state index contributed by atoms with van der Waals surface area (Å²) < 4.78 is 59.2. The molecule has 0 N–H and O–H groups in total. The normalized spacial score (nSPS) is 11.2. The van der Waals surface area contributed by atoms with Gasteiger partial charge >= 0.3 is 0 Å². The summed E-state index contributed by atoms with van der Waals surface area (Å²) in [5.41, 5.74) is 1.48. The molecule has 156 valence electrons. The van der Waals surface area contributed by atoms with Crippen LogP contribution in [0.5, 0.6) is 0 Å². The molecule has 7 heteroatoms. The Morgan fingerprint density at radius 3 is 1.84 bits per heavy atom. The van der Waals surface area contributed by atoms with E-state index < -0.39 is 34.1 Å². The number of fused-ring (bicyclic) bond motifs is 3. The van der Waals surface area contributed by atoms with Gasteiger partial charge in [0.25, 0.3) is 0 Å². The van der Waals surface area contributed by atoms with E-state index in [1.54, 1.807) is 10.6 Å². The van der Waals surface area contributed by atoms with Crippen LogP contribution in [0.3, 0.4) is 0 Å². The van der Waals surface area contributed by atoms with Gasteiger partial charge in [0.1, 0.15) is 6.07 Å². The Hall–Kier alpha value is -3.68. The molecule has 0 aliphatic heterocycles. The van der Waals surface area contributed by atoms with E-state index >= 15 is 0 Å². The second kappa shape index (κ2) is 7.47. The van der Waals surface area contributed by atoms with Gasteiger partial charge in [-0.2, -0.15) is 5.26 Å². The zero-order valence-corrected chi connectivity index (χ0v) is 17.5. The van der Waals surface area contributed by atoms with Crippen molar-refractivity contribution >= 4 is 36.4 Å². The number of hydrogen-bond acceptors (Lipinski definition) is 1. The molecule has 1 aromatic heterocycles. The Labute approximate surface area is 182 Å². The number of hydrogen-bond donors (Lipinski definition) is 0. The molecule has 0 amide bonds. The van der Waals surface area contributed by atoms with Crippen molar-refractivity contribution in [1.29, 1.82) is 5.26 Å². The van der Waals surface area contributed by atoms with Crippen molar-refractivity contribution in [2.45, 2.75) is 0 Å². The molecule has 0 spiro atoms. The number of halogens is 4. The molecule has 0 radical (unpaired) electrons. The summed E-state index contributed by atoms with van der Waals surface area (Å²) in [4.78, 5) is 0. The minimum absolute atomic E-state index is 0.0656. The number of benzene rings is 4. The van der Waals surface area contributed by atoms with E-state index in [1.807, 2.05) is 57.8 Å². The highest BCUT2D eigenvalue weighted by molar-refractivity contribution is 7.28. The molecule has 5 rings (SSSR count). The average molecular weight is 448 g/mol. The van der Waals surface area contributed by atoms with Gasteiger partial charge in [0.15, 0.2) is 23.3 Å². The zero-order chi connectivity index (χ0) is 22.6. The summed E-state index contributed by atoms with van der Waals surface area (Å²) >= 11 is 0. The lowest BCUT2D eigenvalue weighted by molar-refractivity contribution is 0.414. The first-order chi connectivity index (χ1) is 15.5. The van der Waals surface area contributed by atoms with Crippen molar-refractivity contribution in [3.63, 3.8) is 0 Å².